The second-order valence-electron chi connectivity index (χ2n) is 8.69. The van der Waals surface area contributed by atoms with Crippen LogP contribution < -0.4 is 14.9 Å². The number of carbonyl (C=O) groups is 1. The normalized spacial score (nSPS) is 17.2. The number of methoxy groups -OCH3 is 1. The van der Waals surface area contributed by atoms with E-state index < -0.39 is 16.0 Å². The number of aromatic nitrogens is 1. The first-order valence-electron chi connectivity index (χ1n) is 11.6. The Morgan fingerprint density at radius 3 is 2.42 bits per heavy atom. The molecule has 9 nitrogen and oxygen atoms in total. The number of nitrogens with zero attached hydrogens (tertiary/aromatic N) is 2. The number of sulfonamides is 1. The summed E-state index contributed by atoms with van der Waals surface area (Å²) in [5, 5.41) is 3.85. The number of anilines is 2. The largest absolute Gasteiger partial charge is 0.465 e. The molecule has 0 radical (unpaired) electrons. The predicted molar refractivity (Wildman–Crippen MR) is 148 cm³/mol. The molecule has 3 heterocycles. The van der Waals surface area contributed by atoms with Crippen molar-refractivity contribution in [1.82, 2.24) is 10.3 Å². The fourth-order valence-corrected chi connectivity index (χ4v) is 5.29. The van der Waals surface area contributed by atoms with Crippen LogP contribution in [0.3, 0.4) is 0 Å². The molecule has 2 unspecified atom stereocenters. The van der Waals surface area contributed by atoms with Crippen molar-refractivity contribution >= 4 is 44.7 Å². The van der Waals surface area contributed by atoms with Gasteiger partial charge in [-0.1, -0.05) is 18.2 Å². The standard InChI is InChI=1S/C27H24N4O5S2/c1-35-26(32)18-8-6-17(7-9-18)22-14-15-23(36-22)25-24(21-5-3-4-16-28-21)29-27(37)31(25)20-12-10-19(11-13-20)30-38(2,33)34/h3-16,24-25,30H,1-2H3,(H,29,37). The topological polar surface area (TPSA) is 114 Å². The van der Waals surface area contributed by atoms with E-state index in [4.69, 9.17) is 21.4 Å². The van der Waals surface area contributed by atoms with E-state index in [0.29, 0.717) is 27.9 Å². The van der Waals surface area contributed by atoms with Crippen molar-refractivity contribution in [3.8, 4) is 11.3 Å². The van der Waals surface area contributed by atoms with Crippen molar-refractivity contribution in [2.45, 2.75) is 12.1 Å². The molecule has 5 rings (SSSR count). The van der Waals surface area contributed by atoms with Gasteiger partial charge < -0.3 is 19.4 Å². The van der Waals surface area contributed by atoms with Crippen LogP contribution in [-0.4, -0.2) is 37.8 Å². The summed E-state index contributed by atoms with van der Waals surface area (Å²) in [5.41, 5.74) is 3.24. The third-order valence-corrected chi connectivity index (χ3v) is 6.98. The Balaban J connectivity index is 1.51. The maximum Gasteiger partial charge on any atom is 0.337 e. The first-order valence-corrected chi connectivity index (χ1v) is 13.9. The highest BCUT2D eigenvalue weighted by Crippen LogP contribution is 2.43. The van der Waals surface area contributed by atoms with Crippen LogP contribution in [0.25, 0.3) is 11.3 Å². The molecule has 0 aliphatic carbocycles. The lowest BCUT2D eigenvalue weighted by Gasteiger charge is -2.26. The molecular weight excluding hydrogens is 524 g/mol. The molecule has 1 fully saturated rings. The monoisotopic (exact) mass is 548 g/mol. The number of carbonyl (C=O) groups excluding carboxylic acids is 1. The minimum absolute atomic E-state index is 0.307. The third kappa shape index (κ3) is 5.24. The first kappa shape index (κ1) is 25.4. The molecule has 1 aliphatic heterocycles. The zero-order chi connectivity index (χ0) is 26.9. The lowest BCUT2D eigenvalue weighted by molar-refractivity contribution is 0.0600. The molecular formula is C27H24N4O5S2. The molecule has 4 aromatic rings. The maximum atomic E-state index is 11.8. The molecule has 1 aliphatic rings. The summed E-state index contributed by atoms with van der Waals surface area (Å²) < 4.78 is 36.8. The van der Waals surface area contributed by atoms with Gasteiger partial charge in [0.2, 0.25) is 10.0 Å². The van der Waals surface area contributed by atoms with Gasteiger partial charge >= 0.3 is 5.97 Å². The van der Waals surface area contributed by atoms with Crippen molar-refractivity contribution in [2.75, 3.05) is 23.0 Å². The van der Waals surface area contributed by atoms with Gasteiger partial charge in [-0.2, -0.15) is 0 Å². The second-order valence-corrected chi connectivity index (χ2v) is 10.8. The minimum Gasteiger partial charge on any atom is -0.465 e. The van der Waals surface area contributed by atoms with E-state index in [1.165, 1.54) is 7.11 Å². The molecule has 1 saturated heterocycles. The summed E-state index contributed by atoms with van der Waals surface area (Å²) in [4.78, 5) is 18.3. The highest BCUT2D eigenvalue weighted by Gasteiger charge is 2.42. The Bertz CT molecular complexity index is 1570. The molecule has 2 aromatic carbocycles. The smallest absolute Gasteiger partial charge is 0.337 e. The fraction of sp³-hybridized carbons (Fsp3) is 0.148. The number of benzene rings is 2. The fourth-order valence-electron chi connectivity index (χ4n) is 4.38. The molecule has 2 aromatic heterocycles. The number of ether oxygens (including phenoxy) is 1. The zero-order valence-electron chi connectivity index (χ0n) is 20.5. The van der Waals surface area contributed by atoms with Crippen LogP contribution in [0.15, 0.2) is 89.5 Å². The quantitative estimate of drug-likeness (QED) is 0.251. The van der Waals surface area contributed by atoms with E-state index in [1.54, 1.807) is 54.7 Å². The van der Waals surface area contributed by atoms with Gasteiger partial charge in [-0.3, -0.25) is 9.71 Å². The van der Waals surface area contributed by atoms with E-state index in [2.05, 4.69) is 15.0 Å². The average Bonchev–Trinajstić information content (AvgIpc) is 3.53. The number of pyridine rings is 1. The molecule has 2 atom stereocenters. The van der Waals surface area contributed by atoms with Crippen LogP contribution in [0.1, 0.15) is 33.9 Å². The number of furan rings is 1. The first-order chi connectivity index (χ1) is 18.2. The number of hydrogen-bond acceptors (Lipinski definition) is 7. The van der Waals surface area contributed by atoms with Crippen molar-refractivity contribution in [1.29, 1.82) is 0 Å². The van der Waals surface area contributed by atoms with Gasteiger partial charge in [-0.05, 0) is 72.9 Å². The Morgan fingerprint density at radius 2 is 1.79 bits per heavy atom. The maximum absolute atomic E-state index is 11.8. The van der Waals surface area contributed by atoms with Gasteiger partial charge in [0.05, 0.1) is 30.7 Å². The van der Waals surface area contributed by atoms with Crippen molar-refractivity contribution in [2.24, 2.45) is 0 Å². The van der Waals surface area contributed by atoms with Crippen LogP contribution in [0.2, 0.25) is 0 Å². The van der Waals surface area contributed by atoms with Crippen molar-refractivity contribution in [3.63, 3.8) is 0 Å². The zero-order valence-corrected chi connectivity index (χ0v) is 22.1. The van der Waals surface area contributed by atoms with Gasteiger partial charge in [-0.15, -0.1) is 0 Å². The molecule has 0 spiro atoms. The van der Waals surface area contributed by atoms with E-state index in [0.717, 1.165) is 23.2 Å². The Morgan fingerprint density at radius 1 is 1.05 bits per heavy atom. The molecule has 11 heteroatoms. The van der Waals surface area contributed by atoms with E-state index >= 15 is 0 Å². The van der Waals surface area contributed by atoms with Crippen LogP contribution >= 0.6 is 12.2 Å². The number of thiocarbonyl (C=S) groups is 1. The molecule has 38 heavy (non-hydrogen) atoms. The van der Waals surface area contributed by atoms with Gasteiger partial charge in [0.15, 0.2) is 5.11 Å². The van der Waals surface area contributed by atoms with Gasteiger partial charge in [-0.25, -0.2) is 13.2 Å². The molecule has 0 bridgehead atoms. The lowest BCUT2D eigenvalue weighted by atomic mass is 10.0. The summed E-state index contributed by atoms with van der Waals surface area (Å²) in [6, 6.07) is 22.7. The Kier molecular flexibility index (Phi) is 6.87. The number of nitrogens with one attached hydrogen (secondary N) is 2. The number of rotatable bonds is 7. The van der Waals surface area contributed by atoms with Crippen LogP contribution in [0.5, 0.6) is 0 Å². The number of hydrogen-bond donors (Lipinski definition) is 2. The number of esters is 1. The van der Waals surface area contributed by atoms with Gasteiger partial charge in [0.25, 0.3) is 0 Å². The van der Waals surface area contributed by atoms with Crippen molar-refractivity contribution < 1.29 is 22.4 Å². The van der Waals surface area contributed by atoms with Crippen molar-refractivity contribution in [3.05, 3.63) is 102 Å². The summed E-state index contributed by atoms with van der Waals surface area (Å²) >= 11 is 5.74. The van der Waals surface area contributed by atoms with Gasteiger partial charge in [0, 0.05) is 23.1 Å². The highest BCUT2D eigenvalue weighted by molar-refractivity contribution is 7.92. The lowest BCUT2D eigenvalue weighted by Crippen LogP contribution is -2.29. The van der Waals surface area contributed by atoms with Crippen LogP contribution in [0.4, 0.5) is 11.4 Å². The SMILES string of the molecule is COC(=O)c1ccc(-c2ccc(C3C(c4ccccn4)NC(=S)N3c3ccc(NS(C)(=O)=O)cc3)o2)cc1. The summed E-state index contributed by atoms with van der Waals surface area (Å²) in [7, 11) is -2.06. The van der Waals surface area contributed by atoms with E-state index in [9.17, 15) is 13.2 Å². The molecule has 0 amide bonds. The third-order valence-electron chi connectivity index (χ3n) is 6.06. The van der Waals surface area contributed by atoms with Crippen LogP contribution in [0, 0.1) is 0 Å². The van der Waals surface area contributed by atoms with Crippen LogP contribution in [-0.2, 0) is 14.8 Å². The Hall–Kier alpha value is -4.22. The average molecular weight is 549 g/mol. The summed E-state index contributed by atoms with van der Waals surface area (Å²) in [6.07, 6.45) is 2.83. The second kappa shape index (κ2) is 10.3. The Labute approximate surface area is 225 Å². The van der Waals surface area contributed by atoms with Gasteiger partial charge in [0.1, 0.15) is 17.6 Å². The van der Waals surface area contributed by atoms with E-state index in [1.807, 2.05) is 35.2 Å². The summed E-state index contributed by atoms with van der Waals surface area (Å²) in [5.74, 6) is 0.869. The summed E-state index contributed by atoms with van der Waals surface area (Å²) in [6.45, 7) is 0. The molecule has 194 valence electrons. The van der Waals surface area contributed by atoms with E-state index in [-0.39, 0.29) is 12.1 Å². The highest BCUT2D eigenvalue weighted by atomic mass is 32.2. The predicted octanol–water partition coefficient (Wildman–Crippen LogP) is 4.68. The molecule has 0 saturated carbocycles. The molecule has 2 N–H and O–H groups in total. The minimum atomic E-state index is -3.40.